The van der Waals surface area contributed by atoms with Crippen molar-refractivity contribution in [1.82, 2.24) is 9.80 Å². The first-order valence-corrected chi connectivity index (χ1v) is 6.32. The SMILES string of the molecule is CCN1CCOC(CN(C)CCC(C)O)C1. The van der Waals surface area contributed by atoms with Crippen LogP contribution in [-0.2, 0) is 4.74 Å². The van der Waals surface area contributed by atoms with Crippen molar-refractivity contribution in [3.8, 4) is 0 Å². The Balaban J connectivity index is 2.19. The average Bonchev–Trinajstić information content (AvgIpc) is 2.26. The van der Waals surface area contributed by atoms with Crippen LogP contribution in [0.5, 0.6) is 0 Å². The molecular formula is C12H26N2O2. The van der Waals surface area contributed by atoms with E-state index in [-0.39, 0.29) is 6.10 Å². The molecule has 0 aromatic heterocycles. The Morgan fingerprint density at radius 1 is 1.56 bits per heavy atom. The fourth-order valence-corrected chi connectivity index (χ4v) is 2.02. The first-order valence-electron chi connectivity index (χ1n) is 6.32. The molecule has 2 unspecified atom stereocenters. The van der Waals surface area contributed by atoms with E-state index < -0.39 is 0 Å². The minimum Gasteiger partial charge on any atom is -0.393 e. The van der Waals surface area contributed by atoms with Gasteiger partial charge in [-0.05, 0) is 26.9 Å². The van der Waals surface area contributed by atoms with Gasteiger partial charge in [-0.2, -0.15) is 0 Å². The van der Waals surface area contributed by atoms with E-state index in [9.17, 15) is 5.11 Å². The number of hydrogen-bond donors (Lipinski definition) is 1. The molecular weight excluding hydrogens is 204 g/mol. The number of rotatable bonds is 6. The molecule has 1 fully saturated rings. The maximum absolute atomic E-state index is 9.22. The Morgan fingerprint density at radius 3 is 2.94 bits per heavy atom. The van der Waals surface area contributed by atoms with E-state index in [0.29, 0.717) is 6.10 Å². The largest absolute Gasteiger partial charge is 0.393 e. The van der Waals surface area contributed by atoms with Crippen LogP contribution in [0, 0.1) is 0 Å². The van der Waals surface area contributed by atoms with E-state index in [1.807, 2.05) is 6.92 Å². The minimum absolute atomic E-state index is 0.207. The van der Waals surface area contributed by atoms with E-state index in [4.69, 9.17) is 4.74 Å². The Bertz CT molecular complexity index is 188. The van der Waals surface area contributed by atoms with Crippen molar-refractivity contribution in [3.63, 3.8) is 0 Å². The summed E-state index contributed by atoms with van der Waals surface area (Å²) in [6.07, 6.45) is 0.954. The van der Waals surface area contributed by atoms with Crippen LogP contribution in [0.25, 0.3) is 0 Å². The third-order valence-corrected chi connectivity index (χ3v) is 3.11. The summed E-state index contributed by atoms with van der Waals surface area (Å²) in [6.45, 7) is 9.98. The van der Waals surface area contributed by atoms with Crippen molar-refractivity contribution >= 4 is 0 Å². The highest BCUT2D eigenvalue weighted by atomic mass is 16.5. The summed E-state index contributed by atoms with van der Waals surface area (Å²) in [5, 5.41) is 9.22. The summed E-state index contributed by atoms with van der Waals surface area (Å²) >= 11 is 0. The van der Waals surface area contributed by atoms with Crippen LogP contribution in [0.1, 0.15) is 20.3 Å². The topological polar surface area (TPSA) is 35.9 Å². The number of likely N-dealkylation sites (N-methyl/N-ethyl adjacent to an activating group) is 2. The van der Waals surface area contributed by atoms with Gasteiger partial charge in [0.1, 0.15) is 0 Å². The Kier molecular flexibility index (Phi) is 6.28. The standard InChI is InChI=1S/C12H26N2O2/c1-4-14-7-8-16-12(10-14)9-13(3)6-5-11(2)15/h11-12,15H,4-10H2,1-3H3. The number of aliphatic hydroxyl groups excluding tert-OH is 1. The molecule has 1 saturated heterocycles. The van der Waals surface area contributed by atoms with Crippen molar-refractivity contribution < 1.29 is 9.84 Å². The normalized spacial score (nSPS) is 24.9. The van der Waals surface area contributed by atoms with Crippen LogP contribution in [0.2, 0.25) is 0 Å². The summed E-state index contributed by atoms with van der Waals surface area (Å²) in [4.78, 5) is 4.67. The van der Waals surface area contributed by atoms with E-state index in [1.54, 1.807) is 0 Å². The van der Waals surface area contributed by atoms with Crippen molar-refractivity contribution in [2.75, 3.05) is 46.4 Å². The number of hydrogen-bond acceptors (Lipinski definition) is 4. The molecule has 0 bridgehead atoms. The molecule has 96 valence electrons. The van der Waals surface area contributed by atoms with Crippen molar-refractivity contribution in [1.29, 1.82) is 0 Å². The molecule has 0 aromatic rings. The maximum Gasteiger partial charge on any atom is 0.0829 e. The highest BCUT2D eigenvalue weighted by Crippen LogP contribution is 2.06. The van der Waals surface area contributed by atoms with Gasteiger partial charge in [-0.15, -0.1) is 0 Å². The third kappa shape index (κ3) is 5.25. The molecule has 0 amide bonds. The smallest absolute Gasteiger partial charge is 0.0829 e. The quantitative estimate of drug-likeness (QED) is 0.717. The molecule has 0 radical (unpaired) electrons. The van der Waals surface area contributed by atoms with E-state index in [2.05, 4.69) is 23.8 Å². The molecule has 4 nitrogen and oxygen atoms in total. The zero-order chi connectivity index (χ0) is 12.0. The van der Waals surface area contributed by atoms with Gasteiger partial charge in [-0.3, -0.25) is 4.90 Å². The lowest BCUT2D eigenvalue weighted by Gasteiger charge is -2.34. The second-order valence-corrected chi connectivity index (χ2v) is 4.79. The van der Waals surface area contributed by atoms with Gasteiger partial charge in [-0.25, -0.2) is 0 Å². The number of ether oxygens (including phenoxy) is 1. The number of morpholine rings is 1. The highest BCUT2D eigenvalue weighted by molar-refractivity contribution is 4.73. The number of nitrogens with zero attached hydrogens (tertiary/aromatic N) is 2. The van der Waals surface area contributed by atoms with Gasteiger partial charge in [-0.1, -0.05) is 6.92 Å². The highest BCUT2D eigenvalue weighted by Gasteiger charge is 2.20. The molecule has 4 heteroatoms. The van der Waals surface area contributed by atoms with Crippen molar-refractivity contribution in [2.45, 2.75) is 32.5 Å². The monoisotopic (exact) mass is 230 g/mol. The van der Waals surface area contributed by atoms with Crippen LogP contribution >= 0.6 is 0 Å². The lowest BCUT2D eigenvalue weighted by molar-refractivity contribution is -0.0397. The fraction of sp³-hybridized carbons (Fsp3) is 1.00. The van der Waals surface area contributed by atoms with Crippen LogP contribution in [0.15, 0.2) is 0 Å². The van der Waals surface area contributed by atoms with Gasteiger partial charge in [0.05, 0.1) is 18.8 Å². The predicted octanol–water partition coefficient (Wildman–Crippen LogP) is 0.410. The van der Waals surface area contributed by atoms with Crippen LogP contribution in [-0.4, -0.2) is 73.5 Å². The molecule has 16 heavy (non-hydrogen) atoms. The van der Waals surface area contributed by atoms with E-state index >= 15 is 0 Å². The molecule has 1 aliphatic rings. The summed E-state index contributed by atoms with van der Waals surface area (Å²) in [5.41, 5.74) is 0. The van der Waals surface area contributed by atoms with E-state index in [1.165, 1.54) is 0 Å². The molecule has 1 N–H and O–H groups in total. The van der Waals surface area contributed by atoms with Gasteiger partial charge in [0.2, 0.25) is 0 Å². The van der Waals surface area contributed by atoms with Gasteiger partial charge in [0, 0.05) is 26.2 Å². The predicted molar refractivity (Wildman–Crippen MR) is 65.6 cm³/mol. The van der Waals surface area contributed by atoms with Crippen molar-refractivity contribution in [2.24, 2.45) is 0 Å². The summed E-state index contributed by atoms with van der Waals surface area (Å²) in [6, 6.07) is 0. The van der Waals surface area contributed by atoms with Crippen LogP contribution in [0.3, 0.4) is 0 Å². The lowest BCUT2D eigenvalue weighted by atomic mass is 10.2. The Labute approximate surface area is 99.2 Å². The lowest BCUT2D eigenvalue weighted by Crippen LogP contribution is -2.47. The maximum atomic E-state index is 9.22. The summed E-state index contributed by atoms with van der Waals surface area (Å²) in [7, 11) is 2.09. The molecule has 0 aromatic carbocycles. The second kappa shape index (κ2) is 7.22. The average molecular weight is 230 g/mol. The number of aliphatic hydroxyl groups is 1. The molecule has 0 aliphatic carbocycles. The first kappa shape index (κ1) is 13.9. The Hall–Kier alpha value is -0.160. The zero-order valence-electron chi connectivity index (χ0n) is 10.9. The second-order valence-electron chi connectivity index (χ2n) is 4.79. The van der Waals surface area contributed by atoms with E-state index in [0.717, 1.165) is 45.8 Å². The van der Waals surface area contributed by atoms with Gasteiger partial charge in [0.25, 0.3) is 0 Å². The molecule has 0 spiro atoms. The molecule has 1 heterocycles. The summed E-state index contributed by atoms with van der Waals surface area (Å²) in [5.74, 6) is 0. The molecule has 1 aliphatic heterocycles. The zero-order valence-corrected chi connectivity index (χ0v) is 10.9. The minimum atomic E-state index is -0.207. The first-order chi connectivity index (χ1) is 7.61. The molecule has 2 atom stereocenters. The Morgan fingerprint density at radius 2 is 2.31 bits per heavy atom. The van der Waals surface area contributed by atoms with Crippen LogP contribution in [0.4, 0.5) is 0 Å². The third-order valence-electron chi connectivity index (χ3n) is 3.11. The summed E-state index contributed by atoms with van der Waals surface area (Å²) < 4.78 is 5.74. The van der Waals surface area contributed by atoms with Gasteiger partial charge in [0.15, 0.2) is 0 Å². The fourth-order valence-electron chi connectivity index (χ4n) is 2.02. The van der Waals surface area contributed by atoms with Crippen molar-refractivity contribution in [3.05, 3.63) is 0 Å². The van der Waals surface area contributed by atoms with Crippen LogP contribution < -0.4 is 0 Å². The van der Waals surface area contributed by atoms with Gasteiger partial charge >= 0.3 is 0 Å². The molecule has 0 saturated carbocycles. The molecule has 1 rings (SSSR count). The van der Waals surface area contributed by atoms with Gasteiger partial charge < -0.3 is 14.7 Å².